The Morgan fingerprint density at radius 2 is 1.86 bits per heavy atom. The van der Waals surface area contributed by atoms with E-state index in [9.17, 15) is 8.78 Å². The van der Waals surface area contributed by atoms with Crippen molar-refractivity contribution in [2.75, 3.05) is 0 Å². The maximum Gasteiger partial charge on any atom is 0.146 e. The van der Waals surface area contributed by atoms with Crippen LogP contribution in [-0.4, -0.2) is 0 Å². The molecule has 0 saturated carbocycles. The summed E-state index contributed by atoms with van der Waals surface area (Å²) < 4.78 is 33.1. The molecule has 2 rings (SSSR count). The first-order chi connectivity index (χ1) is 9.93. The van der Waals surface area contributed by atoms with Gasteiger partial charge in [0.15, 0.2) is 0 Å². The quantitative estimate of drug-likeness (QED) is 0.417. The van der Waals surface area contributed by atoms with E-state index in [0.717, 1.165) is 6.07 Å². The van der Waals surface area contributed by atoms with Gasteiger partial charge in [0.05, 0.1) is 20.9 Å². The Morgan fingerprint density at radius 1 is 1.14 bits per heavy atom. The van der Waals surface area contributed by atoms with Crippen molar-refractivity contribution in [3.63, 3.8) is 0 Å². The predicted octanol–water partition coefficient (Wildman–Crippen LogP) is 6.35. The van der Waals surface area contributed by atoms with Gasteiger partial charge in [0, 0.05) is 10.6 Å². The van der Waals surface area contributed by atoms with Gasteiger partial charge in [-0.2, -0.15) is 0 Å². The molecule has 2 aromatic rings. The second-order valence-corrected chi connectivity index (χ2v) is 6.09. The van der Waals surface area contributed by atoms with Crippen LogP contribution in [0.15, 0.2) is 28.7 Å². The molecule has 0 radical (unpaired) electrons. The molecule has 0 amide bonds. The number of hydrogen-bond donors (Lipinski definition) is 0. The lowest BCUT2D eigenvalue weighted by Gasteiger charge is -2.13. The zero-order valence-corrected chi connectivity index (χ0v) is 14.3. The molecule has 2 aromatic carbocycles. The van der Waals surface area contributed by atoms with Crippen LogP contribution in [0.3, 0.4) is 0 Å². The Labute approximate surface area is 143 Å². The third-order valence-electron chi connectivity index (χ3n) is 2.73. The van der Waals surface area contributed by atoms with E-state index in [4.69, 9.17) is 39.5 Å². The van der Waals surface area contributed by atoms with Gasteiger partial charge in [-0.1, -0.05) is 23.2 Å². The van der Waals surface area contributed by atoms with Crippen molar-refractivity contribution in [2.24, 2.45) is 0 Å². The van der Waals surface area contributed by atoms with Gasteiger partial charge in [-0.15, -0.1) is 11.6 Å². The molecule has 0 aliphatic carbocycles. The highest BCUT2D eigenvalue weighted by atomic mass is 79.9. The lowest BCUT2D eigenvalue weighted by molar-refractivity contribution is 0.290. The zero-order chi connectivity index (χ0) is 15.6. The Hall–Kier alpha value is -0.550. The SMILES string of the molecule is Fc1ccc(Br)c(F)c1COc1c(Cl)cc(Cl)cc1CCl. The van der Waals surface area contributed by atoms with Crippen LogP contribution in [0.4, 0.5) is 8.78 Å². The summed E-state index contributed by atoms with van der Waals surface area (Å²) in [5.74, 6) is -1.05. The van der Waals surface area contributed by atoms with E-state index in [-0.39, 0.29) is 33.3 Å². The van der Waals surface area contributed by atoms with Gasteiger partial charge in [0.2, 0.25) is 0 Å². The number of alkyl halides is 1. The van der Waals surface area contributed by atoms with E-state index in [1.165, 1.54) is 12.1 Å². The molecular formula is C14H8BrCl3F2O. The van der Waals surface area contributed by atoms with Gasteiger partial charge in [-0.3, -0.25) is 0 Å². The van der Waals surface area contributed by atoms with Crippen LogP contribution in [-0.2, 0) is 12.5 Å². The molecule has 112 valence electrons. The van der Waals surface area contributed by atoms with Gasteiger partial charge in [-0.05, 0) is 40.2 Å². The molecule has 0 aliphatic heterocycles. The van der Waals surface area contributed by atoms with Crippen molar-refractivity contribution in [3.8, 4) is 5.75 Å². The first-order valence-electron chi connectivity index (χ1n) is 5.73. The maximum atomic E-state index is 13.9. The number of rotatable bonds is 4. The van der Waals surface area contributed by atoms with Crippen LogP contribution in [0, 0.1) is 11.6 Å². The predicted molar refractivity (Wildman–Crippen MR) is 84.4 cm³/mol. The fourth-order valence-corrected chi connectivity index (χ4v) is 2.88. The average Bonchev–Trinajstić information content (AvgIpc) is 2.44. The highest BCUT2D eigenvalue weighted by Gasteiger charge is 2.16. The monoisotopic (exact) mass is 414 g/mol. The molecule has 21 heavy (non-hydrogen) atoms. The lowest BCUT2D eigenvalue weighted by atomic mass is 10.2. The molecule has 0 atom stereocenters. The minimum Gasteiger partial charge on any atom is -0.487 e. The third-order valence-corrected chi connectivity index (χ3v) is 4.13. The van der Waals surface area contributed by atoms with Gasteiger partial charge in [0.25, 0.3) is 0 Å². The summed E-state index contributed by atoms with van der Waals surface area (Å²) in [4.78, 5) is 0. The molecule has 0 aromatic heterocycles. The van der Waals surface area contributed by atoms with E-state index in [0.29, 0.717) is 10.6 Å². The molecule has 0 N–H and O–H groups in total. The molecule has 7 heteroatoms. The van der Waals surface area contributed by atoms with Crippen LogP contribution in [0.25, 0.3) is 0 Å². The Morgan fingerprint density at radius 3 is 2.52 bits per heavy atom. The molecule has 0 heterocycles. The molecule has 0 bridgehead atoms. The molecule has 0 unspecified atom stereocenters. The number of benzene rings is 2. The van der Waals surface area contributed by atoms with Crippen molar-refractivity contribution in [1.82, 2.24) is 0 Å². The zero-order valence-electron chi connectivity index (χ0n) is 10.4. The summed E-state index contributed by atoms with van der Waals surface area (Å²) in [6.07, 6.45) is 0. The first-order valence-corrected chi connectivity index (χ1v) is 7.81. The van der Waals surface area contributed by atoms with Crippen molar-refractivity contribution in [3.05, 3.63) is 61.5 Å². The van der Waals surface area contributed by atoms with Gasteiger partial charge in [-0.25, -0.2) is 8.78 Å². The summed E-state index contributed by atoms with van der Waals surface area (Å²) in [5.41, 5.74) is 0.348. The molecule has 0 saturated heterocycles. The van der Waals surface area contributed by atoms with E-state index in [2.05, 4.69) is 15.9 Å². The van der Waals surface area contributed by atoms with Crippen LogP contribution >= 0.6 is 50.7 Å². The molecule has 0 aliphatic rings. The van der Waals surface area contributed by atoms with Gasteiger partial charge >= 0.3 is 0 Å². The van der Waals surface area contributed by atoms with Gasteiger partial charge < -0.3 is 4.74 Å². The Balaban J connectivity index is 2.31. The smallest absolute Gasteiger partial charge is 0.146 e. The Kier molecular flexibility index (Phi) is 5.72. The highest BCUT2D eigenvalue weighted by Crippen LogP contribution is 2.34. The minimum atomic E-state index is -0.715. The van der Waals surface area contributed by atoms with E-state index in [1.54, 1.807) is 6.07 Å². The third kappa shape index (κ3) is 3.81. The first kappa shape index (κ1) is 16.8. The van der Waals surface area contributed by atoms with Gasteiger partial charge in [0.1, 0.15) is 24.0 Å². The van der Waals surface area contributed by atoms with E-state index >= 15 is 0 Å². The second-order valence-electron chi connectivity index (χ2n) is 4.12. The van der Waals surface area contributed by atoms with Crippen LogP contribution < -0.4 is 4.74 Å². The molecular weight excluding hydrogens is 408 g/mol. The van der Waals surface area contributed by atoms with Crippen LogP contribution in [0.1, 0.15) is 11.1 Å². The Bertz CT molecular complexity index is 680. The largest absolute Gasteiger partial charge is 0.487 e. The normalized spacial score (nSPS) is 10.8. The summed E-state index contributed by atoms with van der Waals surface area (Å²) in [6, 6.07) is 5.50. The molecule has 0 fully saturated rings. The fraction of sp³-hybridized carbons (Fsp3) is 0.143. The minimum absolute atomic E-state index is 0.110. The standard InChI is InChI=1S/C14H8BrCl3F2O/c15-10-1-2-12(19)9(13(10)20)6-21-14-7(5-16)3-8(17)4-11(14)18/h1-4H,5-6H2. The van der Waals surface area contributed by atoms with Crippen LogP contribution in [0.2, 0.25) is 10.0 Å². The fourth-order valence-electron chi connectivity index (χ4n) is 1.72. The molecule has 1 nitrogen and oxygen atoms in total. The maximum absolute atomic E-state index is 13.9. The summed E-state index contributed by atoms with van der Waals surface area (Å²) in [6.45, 7) is -0.317. The number of halogens is 6. The summed E-state index contributed by atoms with van der Waals surface area (Å²) >= 11 is 20.7. The number of ether oxygens (including phenoxy) is 1. The van der Waals surface area contributed by atoms with E-state index < -0.39 is 11.6 Å². The summed E-state index contributed by atoms with van der Waals surface area (Å²) in [7, 11) is 0. The topological polar surface area (TPSA) is 9.23 Å². The van der Waals surface area contributed by atoms with E-state index in [1.807, 2.05) is 0 Å². The van der Waals surface area contributed by atoms with Crippen molar-refractivity contribution < 1.29 is 13.5 Å². The van der Waals surface area contributed by atoms with Crippen molar-refractivity contribution >= 4 is 50.7 Å². The van der Waals surface area contributed by atoms with Crippen molar-refractivity contribution in [2.45, 2.75) is 12.5 Å². The highest BCUT2D eigenvalue weighted by molar-refractivity contribution is 9.10. The summed E-state index contributed by atoms with van der Waals surface area (Å²) in [5, 5.41) is 0.636. The average molecular weight is 416 g/mol. The molecule has 0 spiro atoms. The second kappa shape index (κ2) is 7.14. The number of hydrogen-bond acceptors (Lipinski definition) is 1. The van der Waals surface area contributed by atoms with Crippen LogP contribution in [0.5, 0.6) is 5.75 Å². The van der Waals surface area contributed by atoms with Crippen molar-refractivity contribution in [1.29, 1.82) is 0 Å². The lowest BCUT2D eigenvalue weighted by Crippen LogP contribution is -2.04.